The number of aromatic nitrogens is 1. The number of carbonyl (C=O) groups is 2. The van der Waals surface area contributed by atoms with Crippen molar-refractivity contribution in [3.63, 3.8) is 0 Å². The van der Waals surface area contributed by atoms with Crippen molar-refractivity contribution in [3.05, 3.63) is 106 Å². The number of amides is 2. The summed E-state index contributed by atoms with van der Waals surface area (Å²) in [6, 6.07) is 15.7. The monoisotopic (exact) mass is 466 g/mol. The van der Waals surface area contributed by atoms with Gasteiger partial charge in [0.2, 0.25) is 0 Å². The summed E-state index contributed by atoms with van der Waals surface area (Å²) < 4.78 is 38.9. The van der Waals surface area contributed by atoms with Gasteiger partial charge in [-0.05, 0) is 54.1 Å². The summed E-state index contributed by atoms with van der Waals surface area (Å²) in [5.41, 5.74) is 0.213. The van der Waals surface area contributed by atoms with E-state index in [0.717, 1.165) is 29.2 Å². The van der Waals surface area contributed by atoms with E-state index in [2.05, 4.69) is 16.8 Å². The Hall–Kier alpha value is -3.89. The van der Waals surface area contributed by atoms with Gasteiger partial charge in [-0.25, -0.2) is 0 Å². The summed E-state index contributed by atoms with van der Waals surface area (Å²) in [5.74, 6) is 4.28. The minimum Gasteiger partial charge on any atom is -0.269 e. The molecule has 8 heteroatoms. The molecule has 1 aromatic heterocycles. The van der Waals surface area contributed by atoms with E-state index in [-0.39, 0.29) is 23.3 Å². The highest BCUT2D eigenvalue weighted by Crippen LogP contribution is 2.33. The SMILES string of the molecule is O=C1C(C#Cc2ccc(Cl)cc2)=C(c2ccc(C(F)(F)F)cc2)C(=O)N1Cc1ccccn1. The highest BCUT2D eigenvalue weighted by Gasteiger charge is 2.39. The lowest BCUT2D eigenvalue weighted by molar-refractivity contribution is -0.138. The van der Waals surface area contributed by atoms with E-state index in [1.165, 1.54) is 6.20 Å². The van der Waals surface area contributed by atoms with Crippen LogP contribution in [0.15, 0.2) is 78.5 Å². The zero-order valence-corrected chi connectivity index (χ0v) is 17.6. The number of hydrogen-bond acceptors (Lipinski definition) is 3. The van der Waals surface area contributed by atoms with Crippen LogP contribution in [0.1, 0.15) is 22.4 Å². The molecule has 3 aromatic rings. The largest absolute Gasteiger partial charge is 0.416 e. The lowest BCUT2D eigenvalue weighted by atomic mass is 10.00. The number of pyridine rings is 1. The first-order chi connectivity index (χ1) is 15.7. The molecule has 1 aliphatic heterocycles. The number of rotatable bonds is 3. The van der Waals surface area contributed by atoms with E-state index < -0.39 is 23.6 Å². The van der Waals surface area contributed by atoms with Crippen LogP contribution in [-0.2, 0) is 22.3 Å². The summed E-state index contributed by atoms with van der Waals surface area (Å²) in [5, 5.41) is 0.513. The predicted octanol–water partition coefficient (Wildman–Crippen LogP) is 5.13. The van der Waals surface area contributed by atoms with Crippen LogP contribution in [0, 0.1) is 11.8 Å². The van der Waals surface area contributed by atoms with Crippen LogP contribution in [0.25, 0.3) is 5.57 Å². The molecule has 1 aliphatic rings. The fraction of sp³-hybridized carbons (Fsp3) is 0.0800. The number of carbonyl (C=O) groups excluding carboxylic acids is 2. The fourth-order valence-corrected chi connectivity index (χ4v) is 3.38. The molecule has 4 rings (SSSR count). The van der Waals surface area contributed by atoms with Crippen LogP contribution in [0.3, 0.4) is 0 Å². The van der Waals surface area contributed by atoms with Gasteiger partial charge in [-0.3, -0.25) is 19.5 Å². The molecule has 0 atom stereocenters. The summed E-state index contributed by atoms with van der Waals surface area (Å²) in [4.78, 5) is 31.4. The van der Waals surface area contributed by atoms with Gasteiger partial charge >= 0.3 is 6.18 Å². The van der Waals surface area contributed by atoms with Crippen molar-refractivity contribution in [2.45, 2.75) is 12.7 Å². The number of halogens is 4. The van der Waals surface area contributed by atoms with Gasteiger partial charge in [-0.15, -0.1) is 0 Å². The molecule has 0 saturated carbocycles. The number of hydrogen-bond donors (Lipinski definition) is 0. The summed E-state index contributed by atoms with van der Waals surface area (Å²) in [6.45, 7) is -0.0885. The lowest BCUT2D eigenvalue weighted by Crippen LogP contribution is -2.31. The Morgan fingerprint density at radius 2 is 1.58 bits per heavy atom. The average Bonchev–Trinajstić information content (AvgIpc) is 3.03. The highest BCUT2D eigenvalue weighted by atomic mass is 35.5. The van der Waals surface area contributed by atoms with Gasteiger partial charge in [0.15, 0.2) is 0 Å². The third kappa shape index (κ3) is 4.81. The quantitative estimate of drug-likeness (QED) is 0.397. The second-order valence-corrected chi connectivity index (χ2v) is 7.54. The number of benzene rings is 2. The van der Waals surface area contributed by atoms with Gasteiger partial charge in [0, 0.05) is 16.8 Å². The van der Waals surface area contributed by atoms with Crippen LogP contribution in [0.5, 0.6) is 0 Å². The number of alkyl halides is 3. The average molecular weight is 467 g/mol. The van der Waals surface area contributed by atoms with Crippen molar-refractivity contribution in [2.24, 2.45) is 0 Å². The summed E-state index contributed by atoms with van der Waals surface area (Å²) in [6.07, 6.45) is -2.99. The second-order valence-electron chi connectivity index (χ2n) is 7.10. The highest BCUT2D eigenvalue weighted by molar-refractivity contribution is 6.37. The molecule has 2 heterocycles. The van der Waals surface area contributed by atoms with E-state index in [9.17, 15) is 22.8 Å². The van der Waals surface area contributed by atoms with E-state index in [0.29, 0.717) is 16.3 Å². The molecule has 0 bridgehead atoms. The predicted molar refractivity (Wildman–Crippen MR) is 116 cm³/mol. The minimum absolute atomic E-state index is 0.0499. The first-order valence-electron chi connectivity index (χ1n) is 9.69. The molecule has 0 unspecified atom stereocenters. The molecule has 4 nitrogen and oxygen atoms in total. The van der Waals surface area contributed by atoms with Crippen LogP contribution in [0.2, 0.25) is 5.02 Å². The van der Waals surface area contributed by atoms with Gasteiger partial charge in [-0.2, -0.15) is 13.2 Å². The molecular weight excluding hydrogens is 453 g/mol. The second kappa shape index (κ2) is 8.93. The Balaban J connectivity index is 1.76. The van der Waals surface area contributed by atoms with Crippen LogP contribution >= 0.6 is 11.6 Å². The first-order valence-corrected chi connectivity index (χ1v) is 10.1. The normalized spacial score (nSPS) is 13.9. The van der Waals surface area contributed by atoms with Crippen LogP contribution in [0.4, 0.5) is 13.2 Å². The molecule has 0 N–H and O–H groups in total. The summed E-state index contributed by atoms with van der Waals surface area (Å²) in [7, 11) is 0. The molecule has 164 valence electrons. The third-order valence-corrected chi connectivity index (χ3v) is 5.14. The molecule has 0 fully saturated rings. The summed E-state index contributed by atoms with van der Waals surface area (Å²) >= 11 is 5.88. The van der Waals surface area contributed by atoms with Gasteiger partial charge in [0.25, 0.3) is 11.8 Å². The smallest absolute Gasteiger partial charge is 0.269 e. The zero-order chi connectivity index (χ0) is 23.6. The van der Waals surface area contributed by atoms with E-state index in [4.69, 9.17) is 11.6 Å². The number of nitrogens with zero attached hydrogens (tertiary/aromatic N) is 2. The first kappa shape index (κ1) is 22.3. The van der Waals surface area contributed by atoms with Crippen molar-refractivity contribution in [1.82, 2.24) is 9.88 Å². The van der Waals surface area contributed by atoms with E-state index >= 15 is 0 Å². The van der Waals surface area contributed by atoms with E-state index in [1.807, 2.05) is 0 Å². The molecule has 0 spiro atoms. The van der Waals surface area contributed by atoms with E-state index in [1.54, 1.807) is 42.5 Å². The Morgan fingerprint density at radius 1 is 0.879 bits per heavy atom. The van der Waals surface area contributed by atoms with Crippen molar-refractivity contribution < 1.29 is 22.8 Å². The van der Waals surface area contributed by atoms with Gasteiger partial charge in [0.1, 0.15) is 5.57 Å². The zero-order valence-electron chi connectivity index (χ0n) is 16.9. The Kier molecular flexibility index (Phi) is 6.03. The van der Waals surface area contributed by atoms with Crippen molar-refractivity contribution in [3.8, 4) is 11.8 Å². The van der Waals surface area contributed by atoms with Crippen LogP contribution in [-0.4, -0.2) is 21.7 Å². The van der Waals surface area contributed by atoms with Gasteiger partial charge in [0.05, 0.1) is 23.4 Å². The maximum atomic E-state index is 13.2. The van der Waals surface area contributed by atoms with Gasteiger partial charge < -0.3 is 0 Å². The van der Waals surface area contributed by atoms with Crippen molar-refractivity contribution >= 4 is 29.0 Å². The molecule has 0 saturated heterocycles. The van der Waals surface area contributed by atoms with Gasteiger partial charge in [-0.1, -0.05) is 41.6 Å². The maximum Gasteiger partial charge on any atom is 0.416 e. The number of imide groups is 1. The lowest BCUT2D eigenvalue weighted by Gasteiger charge is -2.14. The molecule has 2 amide bonds. The Labute approximate surface area is 192 Å². The third-order valence-electron chi connectivity index (χ3n) is 4.89. The fourth-order valence-electron chi connectivity index (χ4n) is 3.25. The minimum atomic E-state index is -4.52. The molecule has 2 aromatic carbocycles. The van der Waals surface area contributed by atoms with Crippen molar-refractivity contribution in [1.29, 1.82) is 0 Å². The molecule has 0 aliphatic carbocycles. The molecular formula is C25H14ClF3N2O2. The Bertz CT molecular complexity index is 1300. The molecule has 33 heavy (non-hydrogen) atoms. The topological polar surface area (TPSA) is 50.3 Å². The van der Waals surface area contributed by atoms with Crippen LogP contribution < -0.4 is 0 Å². The maximum absolute atomic E-state index is 13.2. The van der Waals surface area contributed by atoms with Crippen molar-refractivity contribution in [2.75, 3.05) is 0 Å². The molecule has 0 radical (unpaired) electrons. The Morgan fingerprint density at radius 3 is 2.18 bits per heavy atom. The standard InChI is InChI=1S/C25H14ClF3N2O2/c26-19-11-4-16(5-12-19)6-13-21-22(17-7-9-18(10-8-17)25(27,28)29)24(33)31(23(21)32)15-20-3-1-2-14-30-20/h1-5,7-12,14H,15H2.